The smallest absolute Gasteiger partial charge is 0.425 e. The Kier molecular flexibility index (Phi) is 6.26. The first-order valence-electron chi connectivity index (χ1n) is 10.4. The second kappa shape index (κ2) is 9.01. The average Bonchev–Trinajstić information content (AvgIpc) is 3.32. The zero-order valence-corrected chi connectivity index (χ0v) is 18.8. The molecule has 1 aliphatic heterocycles. The zero-order chi connectivity index (χ0) is 24.6. The summed E-state index contributed by atoms with van der Waals surface area (Å²) < 4.78 is 44.1. The predicted octanol–water partition coefficient (Wildman–Crippen LogP) is 3.46. The van der Waals surface area contributed by atoms with Gasteiger partial charge in [-0.15, -0.1) is 16.1 Å². The van der Waals surface area contributed by atoms with Crippen molar-refractivity contribution in [3.63, 3.8) is 0 Å². The number of anilines is 1. The molecule has 0 spiro atoms. The molecular formula is C22H20F3N3O5S. The molecule has 180 valence electrons. The van der Waals surface area contributed by atoms with Crippen molar-refractivity contribution in [1.29, 1.82) is 0 Å². The van der Waals surface area contributed by atoms with Crippen molar-refractivity contribution in [3.8, 4) is 0 Å². The number of pyridine rings is 1. The largest absolute Gasteiger partial charge is 0.462 e. The second-order valence-electron chi connectivity index (χ2n) is 7.52. The maximum Gasteiger partial charge on any atom is 0.425 e. The Morgan fingerprint density at radius 3 is 2.38 bits per heavy atom. The van der Waals surface area contributed by atoms with E-state index < -0.39 is 28.5 Å². The van der Waals surface area contributed by atoms with Crippen molar-refractivity contribution in [2.75, 3.05) is 37.7 Å². The van der Waals surface area contributed by atoms with Crippen LogP contribution in [0.25, 0.3) is 10.9 Å². The third-order valence-electron chi connectivity index (χ3n) is 5.49. The number of carbonyl (C=O) groups is 2. The number of esters is 1. The van der Waals surface area contributed by atoms with E-state index in [4.69, 9.17) is 4.74 Å². The van der Waals surface area contributed by atoms with E-state index in [-0.39, 0.29) is 54.4 Å². The number of thiophene rings is 1. The molecule has 0 saturated carbocycles. The van der Waals surface area contributed by atoms with Gasteiger partial charge in [-0.05, 0) is 25.1 Å². The number of hydrogen-bond donors (Lipinski definition) is 1. The number of fused-ring (bicyclic) bond motifs is 1. The normalized spacial score (nSPS) is 14.5. The van der Waals surface area contributed by atoms with Crippen LogP contribution in [0.2, 0.25) is 0 Å². The Balaban J connectivity index is 1.64. The van der Waals surface area contributed by atoms with E-state index >= 15 is 0 Å². The van der Waals surface area contributed by atoms with Gasteiger partial charge >= 0.3 is 12.1 Å². The maximum absolute atomic E-state index is 12.9. The summed E-state index contributed by atoms with van der Waals surface area (Å²) in [5.74, 6) is -1.39. The topological polar surface area (TPSA) is 92.1 Å². The summed E-state index contributed by atoms with van der Waals surface area (Å²) in [7, 11) is 0. The van der Waals surface area contributed by atoms with E-state index in [9.17, 15) is 32.8 Å². The third-order valence-corrected chi connectivity index (χ3v) is 6.61. The molecule has 0 unspecified atom stereocenters. The molecule has 1 N–H and O–H groups in total. The number of para-hydroxylation sites is 1. The molecule has 0 bridgehead atoms. The standard InChI is InChI=1S/C22H20F3N3O5S/c1-2-33-21(31)17-18(13-5-3-4-6-14(13)28(32)20(17)30)26-9-11-27(12-10-26)19(29)15-7-8-16(34-15)22(23,24)25/h3-8,32H,2,9-12H2,1H3. The number of rotatable bonds is 4. The van der Waals surface area contributed by atoms with Gasteiger partial charge in [-0.3, -0.25) is 9.59 Å². The lowest BCUT2D eigenvalue weighted by Gasteiger charge is -2.37. The molecule has 8 nitrogen and oxygen atoms in total. The van der Waals surface area contributed by atoms with Gasteiger partial charge in [0.25, 0.3) is 11.5 Å². The minimum absolute atomic E-state index is 0.0127. The number of hydrogen-bond acceptors (Lipinski definition) is 7. The Morgan fingerprint density at radius 1 is 1.09 bits per heavy atom. The highest BCUT2D eigenvalue weighted by atomic mass is 32.1. The van der Waals surface area contributed by atoms with Crippen LogP contribution in [-0.2, 0) is 10.9 Å². The van der Waals surface area contributed by atoms with Gasteiger partial charge in [-0.2, -0.15) is 13.2 Å². The predicted molar refractivity (Wildman–Crippen MR) is 119 cm³/mol. The molecule has 2 aromatic heterocycles. The molecule has 0 aliphatic carbocycles. The first-order chi connectivity index (χ1) is 16.1. The number of amides is 1. The van der Waals surface area contributed by atoms with E-state index in [1.807, 2.05) is 0 Å². The van der Waals surface area contributed by atoms with Gasteiger partial charge in [-0.1, -0.05) is 18.2 Å². The van der Waals surface area contributed by atoms with E-state index in [0.29, 0.717) is 21.5 Å². The highest BCUT2D eigenvalue weighted by Crippen LogP contribution is 2.35. The summed E-state index contributed by atoms with van der Waals surface area (Å²) in [6.07, 6.45) is -4.51. The highest BCUT2D eigenvalue weighted by Gasteiger charge is 2.35. The number of aromatic nitrogens is 1. The molecule has 1 aliphatic rings. The van der Waals surface area contributed by atoms with Crippen LogP contribution in [0.4, 0.5) is 18.9 Å². The summed E-state index contributed by atoms with van der Waals surface area (Å²) in [6, 6.07) is 8.56. The summed E-state index contributed by atoms with van der Waals surface area (Å²) in [5, 5.41) is 10.8. The Labute approximate surface area is 195 Å². The molecule has 1 saturated heterocycles. The van der Waals surface area contributed by atoms with Crippen LogP contribution in [0.3, 0.4) is 0 Å². The molecule has 1 amide bonds. The molecule has 4 rings (SSSR count). The molecular weight excluding hydrogens is 475 g/mol. The van der Waals surface area contributed by atoms with Crippen LogP contribution in [-0.4, -0.2) is 59.5 Å². The van der Waals surface area contributed by atoms with Crippen molar-refractivity contribution in [1.82, 2.24) is 9.63 Å². The van der Waals surface area contributed by atoms with E-state index in [2.05, 4.69) is 0 Å². The quantitative estimate of drug-likeness (QED) is 0.440. The van der Waals surface area contributed by atoms with Crippen molar-refractivity contribution in [3.05, 3.63) is 62.1 Å². The molecule has 12 heteroatoms. The van der Waals surface area contributed by atoms with E-state index in [1.54, 1.807) is 30.0 Å². The van der Waals surface area contributed by atoms with Crippen LogP contribution < -0.4 is 10.5 Å². The lowest BCUT2D eigenvalue weighted by molar-refractivity contribution is -0.134. The van der Waals surface area contributed by atoms with Crippen LogP contribution in [0, 0.1) is 0 Å². The van der Waals surface area contributed by atoms with Gasteiger partial charge in [-0.25, -0.2) is 4.79 Å². The first kappa shape index (κ1) is 23.6. The molecule has 1 aromatic carbocycles. The number of ether oxygens (including phenoxy) is 1. The Hall–Kier alpha value is -3.54. The summed E-state index contributed by atoms with van der Waals surface area (Å²) in [6.45, 7) is 2.38. The molecule has 0 radical (unpaired) electrons. The monoisotopic (exact) mass is 495 g/mol. The van der Waals surface area contributed by atoms with Crippen molar-refractivity contribution >= 4 is 39.8 Å². The van der Waals surface area contributed by atoms with Crippen LogP contribution in [0.15, 0.2) is 41.2 Å². The van der Waals surface area contributed by atoms with Crippen LogP contribution in [0.1, 0.15) is 31.8 Å². The minimum atomic E-state index is -4.51. The minimum Gasteiger partial charge on any atom is -0.462 e. The highest BCUT2D eigenvalue weighted by molar-refractivity contribution is 7.14. The lowest BCUT2D eigenvalue weighted by atomic mass is 10.1. The number of halogens is 3. The molecule has 0 atom stereocenters. The number of carbonyl (C=O) groups excluding carboxylic acids is 2. The van der Waals surface area contributed by atoms with Gasteiger partial charge < -0.3 is 19.7 Å². The SMILES string of the molecule is CCOC(=O)c1c(N2CCN(C(=O)c3ccc(C(F)(F)F)s3)CC2)c2ccccc2n(O)c1=O. The third kappa shape index (κ3) is 4.20. The number of piperazine rings is 1. The fourth-order valence-corrected chi connectivity index (χ4v) is 4.76. The van der Waals surface area contributed by atoms with Gasteiger partial charge in [0.1, 0.15) is 4.88 Å². The molecule has 1 fully saturated rings. The van der Waals surface area contributed by atoms with Gasteiger partial charge in [0, 0.05) is 31.6 Å². The van der Waals surface area contributed by atoms with Gasteiger partial charge in [0.2, 0.25) is 0 Å². The van der Waals surface area contributed by atoms with Crippen molar-refractivity contribution in [2.45, 2.75) is 13.1 Å². The average molecular weight is 495 g/mol. The summed E-state index contributed by atoms with van der Waals surface area (Å²) in [4.78, 5) is 40.5. The number of nitrogens with zero attached hydrogens (tertiary/aromatic N) is 3. The van der Waals surface area contributed by atoms with E-state index in [1.165, 1.54) is 11.0 Å². The fraction of sp³-hybridized carbons (Fsp3) is 0.318. The van der Waals surface area contributed by atoms with E-state index in [0.717, 1.165) is 12.1 Å². The molecule has 3 heterocycles. The Bertz CT molecular complexity index is 1310. The van der Waals surface area contributed by atoms with Crippen LogP contribution >= 0.6 is 11.3 Å². The summed E-state index contributed by atoms with van der Waals surface area (Å²) in [5.41, 5.74) is -0.765. The second-order valence-corrected chi connectivity index (χ2v) is 8.60. The number of alkyl halides is 3. The lowest BCUT2D eigenvalue weighted by Crippen LogP contribution is -2.49. The molecule has 34 heavy (non-hydrogen) atoms. The van der Waals surface area contributed by atoms with Gasteiger partial charge in [0.05, 0.1) is 22.7 Å². The van der Waals surface area contributed by atoms with Crippen LogP contribution in [0.5, 0.6) is 0 Å². The zero-order valence-electron chi connectivity index (χ0n) is 18.0. The van der Waals surface area contributed by atoms with Crippen molar-refractivity contribution < 1.29 is 32.7 Å². The fourth-order valence-electron chi connectivity index (χ4n) is 3.92. The number of benzene rings is 1. The Morgan fingerprint density at radius 2 is 1.76 bits per heavy atom. The van der Waals surface area contributed by atoms with Gasteiger partial charge in [0.15, 0.2) is 5.56 Å². The first-order valence-corrected chi connectivity index (χ1v) is 11.2. The maximum atomic E-state index is 12.9. The van der Waals surface area contributed by atoms with Crippen molar-refractivity contribution in [2.24, 2.45) is 0 Å². The molecule has 3 aromatic rings. The summed E-state index contributed by atoms with van der Waals surface area (Å²) >= 11 is 0.393.